The summed E-state index contributed by atoms with van der Waals surface area (Å²) in [6.07, 6.45) is 5.41. The van der Waals surface area contributed by atoms with E-state index < -0.39 is 23.4 Å². The monoisotopic (exact) mass is 511 g/mol. The Balaban J connectivity index is 1.53. The van der Waals surface area contributed by atoms with Crippen molar-refractivity contribution in [3.8, 4) is 0 Å². The van der Waals surface area contributed by atoms with Crippen LogP contribution in [0.15, 0.2) is 127 Å². The van der Waals surface area contributed by atoms with E-state index in [9.17, 15) is 14.7 Å². The number of allylic oxidation sites excluding steroid dienone is 2. The Hall–Kier alpha value is -4.68. The minimum absolute atomic E-state index is 0.264. The van der Waals surface area contributed by atoms with Gasteiger partial charge in [-0.05, 0) is 46.5 Å². The van der Waals surface area contributed by atoms with Crippen LogP contribution in [0.1, 0.15) is 22.5 Å². The standard InChI is InChI=1S/C33H25N3O3/c37-31-28-22-19-23(33(39,21-13-5-2-6-14-21)25-16-8-10-18-35-25)29(30(28)32(38)36-31)27(22)26(20-11-3-1-4-12-20)24-15-7-9-17-34-24/h1-19,22,28-30,39H,(H,36,37,38)/b27-26-/t22-,28-,29-,30-,33-/m1/s1. The maximum absolute atomic E-state index is 13.3. The van der Waals surface area contributed by atoms with Gasteiger partial charge in [-0.1, -0.05) is 78.9 Å². The van der Waals surface area contributed by atoms with E-state index in [0.29, 0.717) is 16.8 Å². The number of amides is 2. The summed E-state index contributed by atoms with van der Waals surface area (Å²) in [4.78, 5) is 35.7. The summed E-state index contributed by atoms with van der Waals surface area (Å²) in [5.74, 6) is -2.62. The number of aromatic nitrogens is 2. The Morgan fingerprint density at radius 3 is 2.05 bits per heavy atom. The number of aliphatic hydroxyl groups is 1. The zero-order valence-electron chi connectivity index (χ0n) is 20.9. The summed E-state index contributed by atoms with van der Waals surface area (Å²) in [6, 6.07) is 30.6. The Morgan fingerprint density at radius 2 is 1.38 bits per heavy atom. The summed E-state index contributed by atoms with van der Waals surface area (Å²) < 4.78 is 0. The van der Waals surface area contributed by atoms with E-state index in [4.69, 9.17) is 4.98 Å². The van der Waals surface area contributed by atoms with Crippen LogP contribution in [-0.4, -0.2) is 26.9 Å². The van der Waals surface area contributed by atoms with E-state index in [2.05, 4.69) is 10.3 Å². The van der Waals surface area contributed by atoms with Gasteiger partial charge in [0.15, 0.2) is 5.60 Å². The summed E-state index contributed by atoms with van der Waals surface area (Å²) >= 11 is 0. The van der Waals surface area contributed by atoms with Crippen molar-refractivity contribution < 1.29 is 14.7 Å². The van der Waals surface area contributed by atoms with E-state index in [0.717, 1.165) is 22.4 Å². The Kier molecular flexibility index (Phi) is 5.39. The molecular formula is C33H25N3O3. The van der Waals surface area contributed by atoms with Crippen molar-refractivity contribution in [2.45, 2.75) is 5.60 Å². The van der Waals surface area contributed by atoms with E-state index in [1.807, 2.05) is 97.1 Å². The molecule has 2 fully saturated rings. The van der Waals surface area contributed by atoms with Gasteiger partial charge in [0.25, 0.3) is 0 Å². The van der Waals surface area contributed by atoms with E-state index in [-0.39, 0.29) is 17.7 Å². The smallest absolute Gasteiger partial charge is 0.231 e. The first kappa shape index (κ1) is 23.4. The fourth-order valence-corrected chi connectivity index (χ4v) is 6.77. The van der Waals surface area contributed by atoms with Gasteiger partial charge in [0.2, 0.25) is 11.8 Å². The van der Waals surface area contributed by atoms with Crippen molar-refractivity contribution in [1.82, 2.24) is 15.3 Å². The van der Waals surface area contributed by atoms with E-state index in [1.54, 1.807) is 18.5 Å². The lowest BCUT2D eigenvalue weighted by atomic mass is 9.71. The van der Waals surface area contributed by atoms with E-state index >= 15 is 0 Å². The number of nitrogens with one attached hydrogen (secondary N) is 1. The third-order valence-electron chi connectivity index (χ3n) is 8.29. The van der Waals surface area contributed by atoms with Crippen LogP contribution < -0.4 is 5.32 Å². The zero-order valence-corrected chi connectivity index (χ0v) is 20.9. The molecule has 2 bridgehead atoms. The first-order valence-corrected chi connectivity index (χ1v) is 13.1. The fraction of sp³-hybridized carbons (Fsp3) is 0.152. The molecule has 3 aliphatic rings. The van der Waals surface area contributed by atoms with Gasteiger partial charge in [-0.3, -0.25) is 24.9 Å². The number of carbonyl (C=O) groups is 2. The number of fused-ring (bicyclic) bond motifs is 5. The zero-order chi connectivity index (χ0) is 26.6. The number of imide groups is 1. The van der Waals surface area contributed by atoms with Gasteiger partial charge in [0.1, 0.15) is 0 Å². The number of nitrogens with zero attached hydrogens (tertiary/aromatic N) is 2. The second-order valence-corrected chi connectivity index (χ2v) is 10.2. The molecule has 6 heteroatoms. The quantitative estimate of drug-likeness (QED) is 0.308. The second kappa shape index (κ2) is 8.96. The van der Waals surface area contributed by atoms with Crippen molar-refractivity contribution in [1.29, 1.82) is 0 Å². The van der Waals surface area contributed by atoms with Crippen molar-refractivity contribution in [2.24, 2.45) is 23.7 Å². The highest BCUT2D eigenvalue weighted by atomic mass is 16.3. The molecule has 5 atom stereocenters. The molecule has 4 aromatic rings. The van der Waals surface area contributed by atoms with Crippen molar-refractivity contribution in [3.05, 3.63) is 149 Å². The molecule has 0 spiro atoms. The number of benzene rings is 2. The van der Waals surface area contributed by atoms with E-state index in [1.165, 1.54) is 0 Å². The summed E-state index contributed by atoms with van der Waals surface area (Å²) in [7, 11) is 0. The first-order valence-electron chi connectivity index (χ1n) is 13.1. The predicted octanol–water partition coefficient (Wildman–Crippen LogP) is 4.29. The lowest BCUT2D eigenvalue weighted by Crippen LogP contribution is -2.38. The Bertz CT molecular complexity index is 1550. The molecule has 1 aliphatic heterocycles. The number of hydrogen-bond donors (Lipinski definition) is 2. The number of pyridine rings is 2. The third-order valence-corrected chi connectivity index (χ3v) is 8.29. The molecule has 7 rings (SSSR count). The van der Waals surface area contributed by atoms with Crippen molar-refractivity contribution >= 4 is 17.4 Å². The van der Waals surface area contributed by atoms with Crippen LogP contribution in [0.4, 0.5) is 0 Å². The van der Waals surface area contributed by atoms with Crippen LogP contribution in [0, 0.1) is 23.7 Å². The SMILES string of the molecule is O=C1NC(=O)[C@H]2[C@@H]1[C@@H]1C([C@](O)(c3ccccc3)c3ccccn3)=C[C@@H]2/C1=C(\c1ccccc1)c1ccccn1. The summed E-state index contributed by atoms with van der Waals surface area (Å²) in [6.45, 7) is 0. The molecule has 2 aromatic carbocycles. The Labute approximate surface area is 225 Å². The van der Waals surface area contributed by atoms with Gasteiger partial charge in [-0.2, -0.15) is 0 Å². The fourth-order valence-electron chi connectivity index (χ4n) is 6.77. The van der Waals surface area contributed by atoms with Crippen LogP contribution in [0.2, 0.25) is 0 Å². The van der Waals surface area contributed by atoms with Gasteiger partial charge in [-0.25, -0.2) is 0 Å². The van der Waals surface area contributed by atoms with Crippen molar-refractivity contribution in [3.63, 3.8) is 0 Å². The predicted molar refractivity (Wildman–Crippen MR) is 146 cm³/mol. The Morgan fingerprint density at radius 1 is 0.744 bits per heavy atom. The molecule has 39 heavy (non-hydrogen) atoms. The molecule has 0 unspecified atom stereocenters. The van der Waals surface area contributed by atoms with Gasteiger partial charge in [0, 0.05) is 29.8 Å². The van der Waals surface area contributed by atoms with Gasteiger partial charge in [0.05, 0.1) is 23.2 Å². The molecule has 2 aromatic heterocycles. The average Bonchev–Trinajstić information content (AvgIpc) is 3.63. The molecule has 1 saturated carbocycles. The van der Waals surface area contributed by atoms with Gasteiger partial charge >= 0.3 is 0 Å². The number of rotatable bonds is 5. The average molecular weight is 512 g/mol. The van der Waals surface area contributed by atoms with Crippen LogP contribution in [0.25, 0.3) is 5.57 Å². The minimum atomic E-state index is -1.60. The molecule has 0 radical (unpaired) electrons. The van der Waals surface area contributed by atoms with Crippen LogP contribution in [0.5, 0.6) is 0 Å². The van der Waals surface area contributed by atoms with Gasteiger partial charge < -0.3 is 5.11 Å². The molecule has 3 heterocycles. The topological polar surface area (TPSA) is 92.2 Å². The maximum atomic E-state index is 13.3. The number of hydrogen-bond acceptors (Lipinski definition) is 5. The third kappa shape index (κ3) is 3.45. The largest absolute Gasteiger partial charge is 0.375 e. The second-order valence-electron chi connectivity index (χ2n) is 10.2. The van der Waals surface area contributed by atoms with Crippen LogP contribution in [-0.2, 0) is 15.2 Å². The van der Waals surface area contributed by atoms with Crippen LogP contribution in [0.3, 0.4) is 0 Å². The molecular weight excluding hydrogens is 486 g/mol. The molecule has 1 saturated heterocycles. The normalized spacial score (nSPS) is 26.0. The van der Waals surface area contributed by atoms with Gasteiger partial charge in [-0.15, -0.1) is 0 Å². The maximum Gasteiger partial charge on any atom is 0.231 e. The first-order chi connectivity index (χ1) is 19.1. The molecule has 2 amide bonds. The summed E-state index contributed by atoms with van der Waals surface area (Å²) in [5.41, 5.74) is 3.74. The molecule has 2 N–H and O–H groups in total. The van der Waals surface area contributed by atoms with Crippen LogP contribution >= 0.6 is 0 Å². The lowest BCUT2D eigenvalue weighted by molar-refractivity contribution is -0.126. The lowest BCUT2D eigenvalue weighted by Gasteiger charge is -2.36. The minimum Gasteiger partial charge on any atom is -0.375 e. The molecule has 190 valence electrons. The molecule has 2 aliphatic carbocycles. The number of carbonyl (C=O) groups excluding carboxylic acids is 2. The summed E-state index contributed by atoms with van der Waals surface area (Å²) in [5, 5.41) is 15.3. The highest BCUT2D eigenvalue weighted by Gasteiger charge is 2.64. The molecule has 6 nitrogen and oxygen atoms in total. The highest BCUT2D eigenvalue weighted by Crippen LogP contribution is 2.63. The van der Waals surface area contributed by atoms with Crippen molar-refractivity contribution in [2.75, 3.05) is 0 Å². The highest BCUT2D eigenvalue weighted by molar-refractivity contribution is 6.08.